The number of carbonyl (C=O) groups is 1. The van der Waals surface area contributed by atoms with E-state index in [9.17, 15) is 14.9 Å². The van der Waals surface area contributed by atoms with E-state index in [2.05, 4.69) is 4.98 Å². The van der Waals surface area contributed by atoms with E-state index in [1.54, 1.807) is 25.4 Å². The molecule has 1 unspecified atom stereocenters. The summed E-state index contributed by atoms with van der Waals surface area (Å²) in [7, 11) is 0. The van der Waals surface area contributed by atoms with Gasteiger partial charge in [0.1, 0.15) is 11.4 Å². The second kappa shape index (κ2) is 5.17. The molecule has 9 heteroatoms. The number of carboxylic acids is 1. The molecule has 0 spiro atoms. The second-order valence-corrected chi connectivity index (χ2v) is 6.18. The molecular weight excluding hydrogens is 290 g/mol. The summed E-state index contributed by atoms with van der Waals surface area (Å²) in [6.45, 7) is 3.52. The Hall–Kier alpha value is -1.61. The van der Waals surface area contributed by atoms with Gasteiger partial charge in [0.25, 0.3) is 4.96 Å². The van der Waals surface area contributed by atoms with E-state index in [0.29, 0.717) is 4.96 Å². The Bertz CT molecular complexity index is 634. The van der Waals surface area contributed by atoms with Crippen molar-refractivity contribution in [2.24, 2.45) is 5.92 Å². The monoisotopic (exact) mass is 301 g/mol. The summed E-state index contributed by atoms with van der Waals surface area (Å²) in [6, 6.07) is 0. The Morgan fingerprint density at radius 1 is 1.63 bits per heavy atom. The maximum absolute atomic E-state index is 11.2. The summed E-state index contributed by atoms with van der Waals surface area (Å²) in [6.07, 6.45) is 1.56. The van der Waals surface area contributed by atoms with E-state index in [4.69, 9.17) is 5.11 Å². The molecule has 102 valence electrons. The van der Waals surface area contributed by atoms with Gasteiger partial charge in [-0.2, -0.15) is 9.38 Å². The third kappa shape index (κ3) is 2.56. The third-order valence-corrected chi connectivity index (χ3v) is 4.72. The van der Waals surface area contributed by atoms with Gasteiger partial charge in [-0.3, -0.25) is 4.79 Å². The number of thiazole rings is 1. The first-order valence-electron chi connectivity index (χ1n) is 5.41. The minimum atomic E-state index is -0.995. The van der Waals surface area contributed by atoms with Gasteiger partial charge in [-0.15, -0.1) is 0 Å². The number of thioether (sulfide) groups is 1. The van der Waals surface area contributed by atoms with Crippen LogP contribution in [0.5, 0.6) is 0 Å². The minimum absolute atomic E-state index is 0.151. The largest absolute Gasteiger partial charge is 0.480 e. The molecule has 1 N–H and O–H groups in total. The third-order valence-electron chi connectivity index (χ3n) is 2.47. The maximum Gasteiger partial charge on any atom is 0.362 e. The molecule has 0 saturated carbocycles. The van der Waals surface area contributed by atoms with Crippen LogP contribution in [0.2, 0.25) is 0 Å². The summed E-state index contributed by atoms with van der Waals surface area (Å²) in [4.78, 5) is 26.4. The number of aromatic nitrogens is 2. The fourth-order valence-electron chi connectivity index (χ4n) is 1.59. The highest BCUT2D eigenvalue weighted by Gasteiger charge is 2.31. The zero-order chi connectivity index (χ0) is 14.2. The fraction of sp³-hybridized carbons (Fsp3) is 0.400. The van der Waals surface area contributed by atoms with Crippen LogP contribution in [-0.2, 0) is 4.79 Å². The molecule has 19 heavy (non-hydrogen) atoms. The Morgan fingerprint density at radius 3 is 2.84 bits per heavy atom. The predicted molar refractivity (Wildman–Crippen MR) is 71.8 cm³/mol. The highest BCUT2D eigenvalue weighted by atomic mass is 32.2. The normalized spacial score (nSPS) is 13.0. The van der Waals surface area contributed by atoms with Gasteiger partial charge in [0, 0.05) is 5.38 Å². The number of hydrogen-bond donors (Lipinski definition) is 1. The van der Waals surface area contributed by atoms with Crippen molar-refractivity contribution in [2.75, 3.05) is 0 Å². The van der Waals surface area contributed by atoms with Gasteiger partial charge in [-0.25, -0.2) is 0 Å². The van der Waals surface area contributed by atoms with E-state index in [1.165, 1.54) is 15.7 Å². The molecule has 1 atom stereocenters. The van der Waals surface area contributed by atoms with Crippen molar-refractivity contribution < 1.29 is 14.8 Å². The molecule has 0 aromatic carbocycles. The van der Waals surface area contributed by atoms with Crippen molar-refractivity contribution >= 4 is 39.8 Å². The quantitative estimate of drug-likeness (QED) is 0.517. The number of nitrogens with zero attached hydrogens (tertiary/aromatic N) is 3. The fourth-order valence-corrected chi connectivity index (χ4v) is 3.39. The molecule has 2 rings (SSSR count). The van der Waals surface area contributed by atoms with Crippen LogP contribution in [0.15, 0.2) is 16.6 Å². The molecule has 2 aromatic rings. The number of aliphatic carboxylic acids is 1. The Labute approximate surface area is 116 Å². The van der Waals surface area contributed by atoms with E-state index < -0.39 is 16.1 Å². The first kappa shape index (κ1) is 13.8. The molecule has 0 aliphatic rings. The lowest BCUT2D eigenvalue weighted by Crippen LogP contribution is -2.22. The lowest BCUT2D eigenvalue weighted by molar-refractivity contribution is -0.393. The van der Waals surface area contributed by atoms with Crippen LogP contribution in [0.25, 0.3) is 4.96 Å². The summed E-state index contributed by atoms with van der Waals surface area (Å²) < 4.78 is 1.37. The van der Waals surface area contributed by atoms with Gasteiger partial charge in [0.2, 0.25) is 0 Å². The predicted octanol–water partition coefficient (Wildman–Crippen LogP) is 2.51. The number of hydrogen-bond acceptors (Lipinski definition) is 6. The number of rotatable bonds is 5. The highest BCUT2D eigenvalue weighted by Crippen LogP contribution is 2.36. The molecule has 0 fully saturated rings. The van der Waals surface area contributed by atoms with Crippen LogP contribution in [0.4, 0.5) is 5.82 Å². The molecule has 0 saturated heterocycles. The smallest absolute Gasteiger partial charge is 0.362 e. The zero-order valence-electron chi connectivity index (χ0n) is 10.1. The summed E-state index contributed by atoms with van der Waals surface area (Å²) in [5.74, 6) is -1.32. The number of nitro groups is 1. The van der Waals surface area contributed by atoms with E-state index in [1.807, 2.05) is 0 Å². The van der Waals surface area contributed by atoms with Crippen molar-refractivity contribution in [2.45, 2.75) is 24.1 Å². The first-order chi connectivity index (χ1) is 8.91. The molecule has 0 amide bonds. The van der Waals surface area contributed by atoms with Crippen LogP contribution in [0.3, 0.4) is 0 Å². The van der Waals surface area contributed by atoms with E-state index in [-0.39, 0.29) is 16.8 Å². The van der Waals surface area contributed by atoms with Crippen molar-refractivity contribution in [1.29, 1.82) is 0 Å². The second-order valence-electron chi connectivity index (χ2n) is 4.17. The van der Waals surface area contributed by atoms with Crippen LogP contribution >= 0.6 is 23.1 Å². The van der Waals surface area contributed by atoms with Crippen LogP contribution in [0.1, 0.15) is 13.8 Å². The zero-order valence-corrected chi connectivity index (χ0v) is 11.8. The van der Waals surface area contributed by atoms with Crippen molar-refractivity contribution in [3.63, 3.8) is 0 Å². The Kier molecular flexibility index (Phi) is 3.76. The molecule has 2 aromatic heterocycles. The Balaban J connectivity index is 2.44. The van der Waals surface area contributed by atoms with Gasteiger partial charge >= 0.3 is 11.8 Å². The topological polar surface area (TPSA) is 97.7 Å². The summed E-state index contributed by atoms with van der Waals surface area (Å²) >= 11 is 2.19. The van der Waals surface area contributed by atoms with E-state index in [0.717, 1.165) is 11.8 Å². The number of carboxylic acid groups (broad SMARTS) is 1. The molecule has 7 nitrogen and oxygen atoms in total. The van der Waals surface area contributed by atoms with Crippen LogP contribution < -0.4 is 0 Å². The number of imidazole rings is 1. The standard InChI is InChI=1S/C10H11N3O4S2/c1-5(2)6(9(14)15)19-7-8(13(16)17)12-3-4-18-10(12)11-7/h3-6H,1-2H3,(H,14,15). The van der Waals surface area contributed by atoms with E-state index >= 15 is 0 Å². The lowest BCUT2D eigenvalue weighted by atomic mass is 10.1. The SMILES string of the molecule is CC(C)C(Sc1nc2sccn2c1[N+](=O)[O-])C(=O)O. The lowest BCUT2D eigenvalue weighted by Gasteiger charge is -2.13. The van der Waals surface area contributed by atoms with Crippen molar-refractivity contribution in [3.8, 4) is 0 Å². The molecule has 0 aliphatic heterocycles. The number of fused-ring (bicyclic) bond motifs is 1. The molecule has 0 aliphatic carbocycles. The average molecular weight is 301 g/mol. The first-order valence-corrected chi connectivity index (χ1v) is 7.17. The summed E-state index contributed by atoms with van der Waals surface area (Å²) in [5.41, 5.74) is 0. The molecule has 2 heterocycles. The van der Waals surface area contributed by atoms with Crippen molar-refractivity contribution in [3.05, 3.63) is 21.7 Å². The van der Waals surface area contributed by atoms with Crippen LogP contribution in [-0.4, -0.2) is 30.6 Å². The minimum Gasteiger partial charge on any atom is -0.480 e. The Morgan fingerprint density at radius 2 is 2.32 bits per heavy atom. The van der Waals surface area contributed by atoms with Crippen LogP contribution in [0, 0.1) is 16.0 Å². The molecule has 0 radical (unpaired) electrons. The molecule has 0 bridgehead atoms. The molecular formula is C10H11N3O4S2. The van der Waals surface area contributed by atoms with Gasteiger partial charge in [0.15, 0.2) is 5.03 Å². The van der Waals surface area contributed by atoms with Gasteiger partial charge < -0.3 is 15.2 Å². The maximum atomic E-state index is 11.2. The van der Waals surface area contributed by atoms with Gasteiger partial charge in [-0.05, 0) is 10.8 Å². The van der Waals surface area contributed by atoms with Gasteiger partial charge in [-0.1, -0.05) is 36.9 Å². The highest BCUT2D eigenvalue weighted by molar-refractivity contribution is 8.00. The van der Waals surface area contributed by atoms with Crippen molar-refractivity contribution in [1.82, 2.24) is 9.38 Å². The summed E-state index contributed by atoms with van der Waals surface area (Å²) in [5, 5.41) is 21.3. The van der Waals surface area contributed by atoms with Gasteiger partial charge in [0.05, 0.1) is 0 Å². The average Bonchev–Trinajstić information content (AvgIpc) is 2.82.